The zero-order valence-corrected chi connectivity index (χ0v) is 50.2. The quantitative estimate of drug-likeness (QED) is 0.0492. The third kappa shape index (κ3) is 13.4. The summed E-state index contributed by atoms with van der Waals surface area (Å²) in [4.78, 5) is 58.5. The van der Waals surface area contributed by atoms with Gasteiger partial charge in [0.1, 0.15) is 136 Å². The molecule has 486 valence electrons. The van der Waals surface area contributed by atoms with E-state index < -0.39 is 103 Å². The van der Waals surface area contributed by atoms with Gasteiger partial charge in [0.05, 0.1) is 23.5 Å². The monoisotopic (exact) mass is 1340 g/mol. The summed E-state index contributed by atoms with van der Waals surface area (Å²) in [6.07, 6.45) is 1.88. The van der Waals surface area contributed by atoms with E-state index in [-0.39, 0.29) is 98.3 Å². The molecule has 15 rings (SSSR count). The minimum atomic E-state index is -1.59. The van der Waals surface area contributed by atoms with Gasteiger partial charge in [-0.15, -0.1) is 0 Å². The maximum absolute atomic E-state index is 14.4. The molecule has 2 aromatic carbocycles. The van der Waals surface area contributed by atoms with E-state index in [1.54, 1.807) is 60.7 Å². The molecule has 92 heavy (non-hydrogen) atoms. The lowest BCUT2D eigenvalue weighted by atomic mass is 9.89. The largest absolute Gasteiger partial charge is 0.461 e. The van der Waals surface area contributed by atoms with E-state index in [0.29, 0.717) is 42.0 Å². The molecule has 19 nitrogen and oxygen atoms in total. The number of nitrogen functional groups attached to an aromatic ring is 1. The summed E-state index contributed by atoms with van der Waals surface area (Å²) in [7, 11) is 0. The molecule has 6 fully saturated rings. The number of amides is 2. The van der Waals surface area contributed by atoms with Crippen molar-refractivity contribution in [3.05, 3.63) is 182 Å². The predicted molar refractivity (Wildman–Crippen MR) is 316 cm³/mol. The summed E-state index contributed by atoms with van der Waals surface area (Å²) in [5, 5.41) is 18.1. The number of oxime groups is 1. The van der Waals surface area contributed by atoms with Gasteiger partial charge in [-0.2, -0.15) is 5.48 Å². The second-order valence-electron chi connectivity index (χ2n) is 23.0. The van der Waals surface area contributed by atoms with Gasteiger partial charge in [-0.25, -0.2) is 69.4 Å². The molecule has 8 heterocycles. The van der Waals surface area contributed by atoms with Gasteiger partial charge in [-0.05, 0) is 105 Å². The van der Waals surface area contributed by atoms with Crippen molar-refractivity contribution >= 4 is 70.2 Å². The third-order valence-corrected chi connectivity index (χ3v) is 17.6. The van der Waals surface area contributed by atoms with Crippen LogP contribution in [-0.4, -0.2) is 119 Å². The first kappa shape index (κ1) is 65.8. The molecule has 5 unspecified atom stereocenters. The first-order chi connectivity index (χ1) is 44.1. The lowest BCUT2D eigenvalue weighted by Gasteiger charge is -2.31. The number of nitrogens with two attached hydrogens (primary N) is 2. The molecule has 1 saturated heterocycles. The number of aliphatic hydroxyl groups is 1. The molecular formula is C61H56Cl3F9N12O7. The number of aliphatic imine (C=N–C) groups is 2. The fourth-order valence-electron chi connectivity index (χ4n) is 11.4. The van der Waals surface area contributed by atoms with Crippen LogP contribution in [0.3, 0.4) is 0 Å². The van der Waals surface area contributed by atoms with E-state index >= 15 is 0 Å². The van der Waals surface area contributed by atoms with Crippen LogP contribution in [0, 0.1) is 52.9 Å². The number of nitrogens with zero attached hydrogens (tertiary/aromatic N) is 7. The molecule has 31 heteroatoms. The molecule has 0 bridgehead atoms. The standard InChI is InChI=1S/C18H14ClF2N3O2.C18H16F2N4O2.C10H9ClF2N2O.C10H11ClF2N2O.C5H6FNO/c19-14-7-6-12(21)15(22-14)18(9-20)11-8-13(11)26-17(24-18)23-16(25)10-4-2-1-3-5-10;19-9-18(15-12(20)6-7-14(21)22-15)11-8-13(11)26-17(24-18)23-16(25)10-4-2-1-3-5-10;11-8-2-1-6(13)9(14-8)10(4-12)5-3-7(5)16-15-10;11-8-2-1-6(13)9(15-8)10(14,4-12)5-3-7(5)16;6-2-4-3-1-5(3)8-7-4/h1-7,11,13H,8-9H2,(H,23,24,25);1-7,11,13H,8-9H2,(H2,21,22)(H,23,24,25);1-2,5,7,15H,3-4H2;1-2,5,7,16H,3-4,14H2;3,5H,1-2H2/t2*11-,13?,18-;5-,7+,10-;5-,7?,10-;/m0000./s1. The normalized spacial score (nSPS) is 29.5. The molecule has 0 spiro atoms. The number of carbonyl (C=O) groups excluding carboxylic acids is 2. The van der Waals surface area contributed by atoms with Crippen LogP contribution in [0.15, 0.2) is 124 Å². The number of benzene rings is 2. The Morgan fingerprint density at radius 1 is 0.598 bits per heavy atom. The topological polar surface area (TPSA) is 268 Å². The molecule has 5 aliphatic carbocycles. The number of rotatable bonds is 12. The summed E-state index contributed by atoms with van der Waals surface area (Å²) >= 11 is 17.2. The zero-order valence-electron chi connectivity index (χ0n) is 48.0. The second kappa shape index (κ2) is 26.7. The number of fused-ring (bicyclic) bond motifs is 4. The Morgan fingerprint density at radius 2 is 1.08 bits per heavy atom. The van der Waals surface area contributed by atoms with Crippen molar-refractivity contribution in [1.29, 1.82) is 0 Å². The summed E-state index contributed by atoms with van der Waals surface area (Å²) in [5.41, 5.74) is 8.99. The number of hydrogen-bond donors (Lipinski definition) is 6. The molecule has 5 saturated carbocycles. The number of nitrogens with one attached hydrogen (secondary N) is 3. The van der Waals surface area contributed by atoms with Gasteiger partial charge in [0, 0.05) is 40.7 Å². The average Bonchev–Trinajstić information content (AvgIpc) is 1.58. The molecular weight excluding hydrogens is 1290 g/mol. The van der Waals surface area contributed by atoms with Gasteiger partial charge in [-0.1, -0.05) is 76.4 Å². The summed E-state index contributed by atoms with van der Waals surface area (Å²) in [6.45, 7) is -4.14. The molecule has 9 aliphatic rings. The molecule has 2 amide bonds. The Labute approximate surface area is 533 Å². The number of hydroxylamine groups is 1. The SMILES string of the molecule is FCC1=NOC2CC12.FC[C@]1(c2nc(Cl)ccc2F)NO[C@@H]2C[C@@H]21.N[C@](CF)(c1nc(Cl)ccc1F)[C@H]1CC1O.Nc1ccc(F)c([C@@]2(CF)N=C(NC(=O)c3ccccc3)OC3C[C@@H]32)n1.O=C(NC1=N[C@](CF)(c2nc(Cl)ccc2F)[C@H]2CC2O1)c1ccccc1. The van der Waals surface area contributed by atoms with E-state index in [2.05, 4.69) is 51.2 Å². The number of aromatic nitrogens is 4. The highest BCUT2D eigenvalue weighted by Gasteiger charge is 2.64. The van der Waals surface area contributed by atoms with Gasteiger partial charge in [0.25, 0.3) is 23.9 Å². The zero-order chi connectivity index (χ0) is 65.4. The van der Waals surface area contributed by atoms with Gasteiger partial charge in [0.2, 0.25) is 0 Å². The van der Waals surface area contributed by atoms with E-state index in [9.17, 15) is 54.2 Å². The van der Waals surface area contributed by atoms with Crippen LogP contribution < -0.4 is 27.6 Å². The number of anilines is 1. The number of hydrogen-bond acceptors (Lipinski definition) is 17. The van der Waals surface area contributed by atoms with Crippen molar-refractivity contribution in [1.82, 2.24) is 36.0 Å². The van der Waals surface area contributed by atoms with Crippen molar-refractivity contribution in [3.8, 4) is 0 Å². The number of aliphatic hydroxyl groups excluding tert-OH is 1. The lowest BCUT2D eigenvalue weighted by molar-refractivity contribution is 0.00569. The molecule has 4 aromatic heterocycles. The van der Waals surface area contributed by atoms with Crippen molar-refractivity contribution in [2.45, 2.75) is 84.8 Å². The van der Waals surface area contributed by atoms with Gasteiger partial charge in [-0.3, -0.25) is 25.1 Å². The number of alkyl halides is 5. The molecule has 14 atom stereocenters. The molecule has 0 radical (unpaired) electrons. The van der Waals surface area contributed by atoms with E-state index in [4.69, 9.17) is 65.4 Å². The first-order valence-electron chi connectivity index (χ1n) is 28.7. The predicted octanol–water partition coefficient (Wildman–Crippen LogP) is 9.49. The van der Waals surface area contributed by atoms with Crippen LogP contribution in [0.4, 0.5) is 45.3 Å². The second-order valence-corrected chi connectivity index (χ2v) is 24.2. The van der Waals surface area contributed by atoms with E-state index in [0.717, 1.165) is 31.0 Å². The molecule has 8 N–H and O–H groups in total. The van der Waals surface area contributed by atoms with Crippen LogP contribution in [0.5, 0.6) is 0 Å². The van der Waals surface area contributed by atoms with Crippen molar-refractivity contribution < 1.29 is 73.4 Å². The Balaban J connectivity index is 0.000000123. The third-order valence-electron chi connectivity index (χ3n) is 16.9. The maximum atomic E-state index is 14.4. The van der Waals surface area contributed by atoms with Crippen LogP contribution >= 0.6 is 34.8 Å². The minimum absolute atomic E-state index is 0.00694. The van der Waals surface area contributed by atoms with Crippen molar-refractivity contribution in [2.75, 3.05) is 39.1 Å². The fourth-order valence-corrected chi connectivity index (χ4v) is 11.9. The number of carbonyl (C=O) groups is 2. The number of ether oxygens (including phenoxy) is 2. The molecule has 6 aromatic rings. The first-order valence-corrected chi connectivity index (χ1v) is 29.9. The lowest BCUT2D eigenvalue weighted by Crippen LogP contribution is -2.44. The van der Waals surface area contributed by atoms with Crippen LogP contribution in [0.2, 0.25) is 15.5 Å². The van der Waals surface area contributed by atoms with Crippen LogP contribution in [0.25, 0.3) is 0 Å². The van der Waals surface area contributed by atoms with E-state index in [1.807, 2.05) is 0 Å². The van der Waals surface area contributed by atoms with Crippen LogP contribution in [-0.2, 0) is 41.3 Å². The number of pyridine rings is 4. The Bertz CT molecular complexity index is 3700. The molecule has 4 aliphatic heterocycles. The Morgan fingerprint density at radius 3 is 1.50 bits per heavy atom. The maximum Gasteiger partial charge on any atom is 0.293 e. The summed E-state index contributed by atoms with van der Waals surface area (Å²) < 4.78 is 133. The smallest absolute Gasteiger partial charge is 0.293 e. The average molecular weight is 1350 g/mol. The number of halogens is 12. The Kier molecular flexibility index (Phi) is 19.1. The highest BCUT2D eigenvalue weighted by atomic mass is 35.5. The summed E-state index contributed by atoms with van der Waals surface area (Å²) in [5.74, 6) is -4.40. The number of amidine groups is 2. The van der Waals surface area contributed by atoms with Crippen molar-refractivity contribution in [3.63, 3.8) is 0 Å². The highest BCUT2D eigenvalue weighted by Crippen LogP contribution is 2.56. The fraction of sp³-hybridized carbons (Fsp3) is 0.393. The van der Waals surface area contributed by atoms with Crippen molar-refractivity contribution in [2.24, 2.45) is 50.5 Å². The van der Waals surface area contributed by atoms with Gasteiger partial charge < -0.3 is 30.9 Å². The minimum Gasteiger partial charge on any atom is -0.461 e. The van der Waals surface area contributed by atoms with E-state index in [1.165, 1.54) is 30.3 Å². The highest BCUT2D eigenvalue weighted by molar-refractivity contribution is 6.30. The summed E-state index contributed by atoms with van der Waals surface area (Å²) in [6, 6.07) is 26.4. The van der Waals surface area contributed by atoms with Crippen LogP contribution in [0.1, 0.15) is 75.6 Å². The van der Waals surface area contributed by atoms with Gasteiger partial charge >= 0.3 is 0 Å². The Hall–Kier alpha value is -7.73. The van der Waals surface area contributed by atoms with Gasteiger partial charge in [0.15, 0.2) is 0 Å².